The normalized spacial score (nSPS) is 11.6. The minimum absolute atomic E-state index is 0.509. The number of fused-ring (bicyclic) bond motifs is 1. The number of hydrogen-bond donors (Lipinski definition) is 0. The molecule has 0 fully saturated rings. The van der Waals surface area contributed by atoms with Crippen molar-refractivity contribution >= 4 is 10.9 Å². The molecular formula is C14H16N4. The van der Waals surface area contributed by atoms with E-state index in [0.717, 1.165) is 5.69 Å². The van der Waals surface area contributed by atoms with Gasteiger partial charge in [0.05, 0.1) is 18.1 Å². The largest absolute Gasteiger partial charge is 0.350 e. The van der Waals surface area contributed by atoms with Crippen LogP contribution < -0.4 is 0 Å². The number of aryl methyl sites for hydroxylation is 1. The molecule has 0 amide bonds. The van der Waals surface area contributed by atoms with Crippen LogP contribution in [0.15, 0.2) is 36.8 Å². The zero-order valence-electron chi connectivity index (χ0n) is 10.8. The Balaban J connectivity index is 2.25. The average molecular weight is 240 g/mol. The van der Waals surface area contributed by atoms with Crippen LogP contribution in [0.2, 0.25) is 0 Å². The predicted octanol–water partition coefficient (Wildman–Crippen LogP) is 2.88. The van der Waals surface area contributed by atoms with Crippen LogP contribution in [0.5, 0.6) is 0 Å². The first kappa shape index (κ1) is 11.0. The van der Waals surface area contributed by atoms with E-state index in [4.69, 9.17) is 0 Å². The molecule has 0 aliphatic heterocycles. The lowest BCUT2D eigenvalue weighted by atomic mass is 10.0. The summed E-state index contributed by atoms with van der Waals surface area (Å²) in [5.41, 5.74) is 3.61. The summed E-state index contributed by atoms with van der Waals surface area (Å²) in [7, 11) is 2.08. The minimum atomic E-state index is 0.509. The van der Waals surface area contributed by atoms with E-state index in [1.165, 1.54) is 16.5 Å². The molecule has 0 aliphatic rings. The molecule has 0 spiro atoms. The minimum Gasteiger partial charge on any atom is -0.350 e. The van der Waals surface area contributed by atoms with Crippen molar-refractivity contribution < 1.29 is 0 Å². The first-order valence-electron chi connectivity index (χ1n) is 6.12. The van der Waals surface area contributed by atoms with Gasteiger partial charge in [0.2, 0.25) is 0 Å². The van der Waals surface area contributed by atoms with Gasteiger partial charge < -0.3 is 4.57 Å². The van der Waals surface area contributed by atoms with Gasteiger partial charge >= 0.3 is 0 Å². The highest BCUT2D eigenvalue weighted by molar-refractivity contribution is 5.86. The number of aromatic nitrogens is 4. The van der Waals surface area contributed by atoms with Gasteiger partial charge in [0.15, 0.2) is 0 Å². The molecule has 0 bridgehead atoms. The summed E-state index contributed by atoms with van der Waals surface area (Å²) in [5.74, 6) is 0.509. The second-order valence-corrected chi connectivity index (χ2v) is 4.87. The first-order chi connectivity index (χ1) is 8.66. The first-order valence-corrected chi connectivity index (χ1v) is 6.12. The maximum absolute atomic E-state index is 4.17. The van der Waals surface area contributed by atoms with E-state index in [0.29, 0.717) is 5.92 Å². The molecule has 3 rings (SSSR count). The highest BCUT2D eigenvalue weighted by atomic mass is 15.5. The van der Waals surface area contributed by atoms with Gasteiger partial charge in [-0.2, -0.15) is 15.0 Å². The Kier molecular flexibility index (Phi) is 2.44. The van der Waals surface area contributed by atoms with Gasteiger partial charge in [0.25, 0.3) is 0 Å². The zero-order chi connectivity index (χ0) is 12.7. The van der Waals surface area contributed by atoms with Gasteiger partial charge in [-0.05, 0) is 29.7 Å². The fraction of sp³-hybridized carbons (Fsp3) is 0.286. The van der Waals surface area contributed by atoms with Crippen molar-refractivity contribution in [2.24, 2.45) is 7.05 Å². The van der Waals surface area contributed by atoms with Crippen molar-refractivity contribution in [3.8, 4) is 5.69 Å². The number of benzene rings is 1. The smallest absolute Gasteiger partial charge is 0.0864 e. The maximum Gasteiger partial charge on any atom is 0.0864 e. The number of nitrogens with zero attached hydrogens (tertiary/aromatic N) is 4. The quantitative estimate of drug-likeness (QED) is 0.690. The summed E-state index contributed by atoms with van der Waals surface area (Å²) in [6.45, 7) is 4.43. The van der Waals surface area contributed by atoms with Crippen LogP contribution in [0.25, 0.3) is 16.6 Å². The van der Waals surface area contributed by atoms with Crippen molar-refractivity contribution in [1.29, 1.82) is 0 Å². The fourth-order valence-electron chi connectivity index (χ4n) is 2.34. The van der Waals surface area contributed by atoms with E-state index in [2.05, 4.69) is 54.0 Å². The summed E-state index contributed by atoms with van der Waals surface area (Å²) < 4.78 is 2.17. The number of rotatable bonds is 2. The molecule has 0 saturated heterocycles. The van der Waals surface area contributed by atoms with Crippen LogP contribution in [-0.4, -0.2) is 19.6 Å². The van der Waals surface area contributed by atoms with Gasteiger partial charge in [-0.25, -0.2) is 0 Å². The van der Waals surface area contributed by atoms with Crippen LogP contribution in [0.3, 0.4) is 0 Å². The van der Waals surface area contributed by atoms with E-state index >= 15 is 0 Å². The Morgan fingerprint density at radius 1 is 1.11 bits per heavy atom. The number of hydrogen-bond acceptors (Lipinski definition) is 2. The molecule has 2 heterocycles. The Labute approximate surface area is 106 Å². The van der Waals surface area contributed by atoms with Gasteiger partial charge in [-0.3, -0.25) is 0 Å². The molecule has 2 aromatic heterocycles. The molecule has 0 aliphatic carbocycles. The van der Waals surface area contributed by atoms with E-state index in [1.807, 2.05) is 6.07 Å². The SMILES string of the molecule is CC(C)c1cn(C)c2ccc(-n3nccn3)cc12. The highest BCUT2D eigenvalue weighted by Crippen LogP contribution is 2.28. The van der Waals surface area contributed by atoms with Crippen LogP contribution in [0.1, 0.15) is 25.3 Å². The van der Waals surface area contributed by atoms with E-state index in [9.17, 15) is 0 Å². The molecule has 4 nitrogen and oxygen atoms in total. The molecule has 92 valence electrons. The Morgan fingerprint density at radius 3 is 2.50 bits per heavy atom. The molecule has 18 heavy (non-hydrogen) atoms. The third kappa shape index (κ3) is 1.61. The maximum atomic E-state index is 4.17. The third-order valence-electron chi connectivity index (χ3n) is 3.28. The fourth-order valence-corrected chi connectivity index (χ4v) is 2.34. The van der Waals surface area contributed by atoms with E-state index < -0.39 is 0 Å². The van der Waals surface area contributed by atoms with Crippen LogP contribution in [0.4, 0.5) is 0 Å². The van der Waals surface area contributed by atoms with Crippen LogP contribution in [0, 0.1) is 0 Å². The molecule has 0 saturated carbocycles. The van der Waals surface area contributed by atoms with Crippen molar-refractivity contribution in [3.05, 3.63) is 42.4 Å². The van der Waals surface area contributed by atoms with Crippen LogP contribution >= 0.6 is 0 Å². The van der Waals surface area contributed by atoms with Gasteiger partial charge in [-0.15, -0.1) is 0 Å². The van der Waals surface area contributed by atoms with Crippen molar-refractivity contribution in [1.82, 2.24) is 19.6 Å². The topological polar surface area (TPSA) is 35.6 Å². The summed E-state index contributed by atoms with van der Waals surface area (Å²) in [6, 6.07) is 6.33. The molecular weight excluding hydrogens is 224 g/mol. The van der Waals surface area contributed by atoms with Gasteiger partial charge in [-0.1, -0.05) is 13.8 Å². The zero-order valence-corrected chi connectivity index (χ0v) is 10.8. The molecule has 4 heteroatoms. The summed E-state index contributed by atoms with van der Waals surface area (Å²) in [6.07, 6.45) is 5.59. The molecule has 0 unspecified atom stereocenters. The lowest BCUT2D eigenvalue weighted by Crippen LogP contribution is -1.98. The lowest BCUT2D eigenvalue weighted by Gasteiger charge is -2.04. The Hall–Kier alpha value is -2.10. The third-order valence-corrected chi connectivity index (χ3v) is 3.28. The molecule has 0 radical (unpaired) electrons. The monoisotopic (exact) mass is 240 g/mol. The predicted molar refractivity (Wildman–Crippen MR) is 71.9 cm³/mol. The highest BCUT2D eigenvalue weighted by Gasteiger charge is 2.11. The standard InChI is InChI=1S/C14H16N4/c1-10(2)13-9-17(3)14-5-4-11(8-12(13)14)18-15-6-7-16-18/h4-10H,1-3H3. The lowest BCUT2D eigenvalue weighted by molar-refractivity contribution is 0.752. The van der Waals surface area contributed by atoms with Crippen molar-refractivity contribution in [3.63, 3.8) is 0 Å². The van der Waals surface area contributed by atoms with Gasteiger partial charge in [0, 0.05) is 24.1 Å². The average Bonchev–Trinajstić information content (AvgIpc) is 2.97. The van der Waals surface area contributed by atoms with E-state index in [-0.39, 0.29) is 0 Å². The second-order valence-electron chi connectivity index (χ2n) is 4.87. The summed E-state index contributed by atoms with van der Waals surface area (Å²) in [4.78, 5) is 1.65. The van der Waals surface area contributed by atoms with Crippen molar-refractivity contribution in [2.75, 3.05) is 0 Å². The Bertz CT molecular complexity index is 677. The molecule has 3 aromatic rings. The molecule has 0 atom stereocenters. The van der Waals surface area contributed by atoms with E-state index in [1.54, 1.807) is 17.2 Å². The van der Waals surface area contributed by atoms with Crippen LogP contribution in [-0.2, 0) is 7.05 Å². The molecule has 0 N–H and O–H groups in total. The van der Waals surface area contributed by atoms with Crippen molar-refractivity contribution in [2.45, 2.75) is 19.8 Å². The van der Waals surface area contributed by atoms with Gasteiger partial charge in [0.1, 0.15) is 0 Å². The summed E-state index contributed by atoms with van der Waals surface area (Å²) in [5, 5.41) is 9.63. The molecule has 1 aromatic carbocycles. The Morgan fingerprint density at radius 2 is 1.83 bits per heavy atom. The second kappa shape index (κ2) is 3.98. The summed E-state index contributed by atoms with van der Waals surface area (Å²) >= 11 is 0.